The second-order valence-corrected chi connectivity index (χ2v) is 8.20. The molecule has 0 amide bonds. The van der Waals surface area contributed by atoms with E-state index in [1.165, 1.54) is 38.3 Å². The number of hydrogen-bond donors (Lipinski definition) is 0. The highest BCUT2D eigenvalue weighted by Crippen LogP contribution is 2.52. The third-order valence-corrected chi connectivity index (χ3v) is 6.68. The summed E-state index contributed by atoms with van der Waals surface area (Å²) in [4.78, 5) is 0. The molecule has 0 radical (unpaired) electrons. The average molecular weight is 395 g/mol. The van der Waals surface area contributed by atoms with E-state index in [1.54, 1.807) is 0 Å². The van der Waals surface area contributed by atoms with Crippen molar-refractivity contribution in [1.29, 1.82) is 0 Å². The van der Waals surface area contributed by atoms with Crippen LogP contribution in [0.25, 0.3) is 11.1 Å². The highest BCUT2D eigenvalue weighted by Gasteiger charge is 2.46. The SMILES string of the molecule is C1=CC=CC=1C(C1=c2ccccc2=C2C=CC=CC21)(c1ccccc1)c1ccccc1. The van der Waals surface area contributed by atoms with Crippen LogP contribution in [0.1, 0.15) is 11.1 Å². The molecule has 3 aromatic rings. The molecule has 0 saturated carbocycles. The first-order valence-corrected chi connectivity index (χ1v) is 10.8. The van der Waals surface area contributed by atoms with Crippen LogP contribution in [-0.2, 0) is 5.41 Å². The zero-order valence-corrected chi connectivity index (χ0v) is 17.2. The van der Waals surface area contributed by atoms with E-state index in [1.807, 2.05) is 6.08 Å². The Morgan fingerprint density at radius 2 is 1.26 bits per heavy atom. The summed E-state index contributed by atoms with van der Waals surface area (Å²) in [6.45, 7) is 0. The topological polar surface area (TPSA) is 0 Å². The highest BCUT2D eigenvalue weighted by molar-refractivity contribution is 5.89. The zero-order valence-electron chi connectivity index (χ0n) is 17.2. The Kier molecular flexibility index (Phi) is 4.13. The molecule has 3 aliphatic carbocycles. The largest absolute Gasteiger partial charge is 0.116 e. The molecule has 3 aliphatic rings. The molecule has 6 rings (SSSR count). The second kappa shape index (κ2) is 7.13. The molecule has 0 heteroatoms. The molecule has 0 heterocycles. The van der Waals surface area contributed by atoms with Gasteiger partial charge in [-0.05, 0) is 44.9 Å². The molecule has 0 saturated heterocycles. The number of fused-ring (bicyclic) bond motifs is 2. The smallest absolute Gasteiger partial charge is 0.0752 e. The van der Waals surface area contributed by atoms with Gasteiger partial charge in [0.15, 0.2) is 0 Å². The second-order valence-electron chi connectivity index (χ2n) is 8.20. The Hall–Kier alpha value is -3.86. The summed E-state index contributed by atoms with van der Waals surface area (Å²) in [5, 5.41) is 2.67. The fourth-order valence-corrected chi connectivity index (χ4v) is 5.50. The fourth-order valence-electron chi connectivity index (χ4n) is 5.50. The minimum Gasteiger partial charge on any atom is -0.116 e. The van der Waals surface area contributed by atoms with Gasteiger partial charge in [-0.3, -0.25) is 0 Å². The number of allylic oxidation sites excluding steroid dienone is 7. The average Bonchev–Trinajstić information content (AvgIpc) is 3.49. The molecule has 146 valence electrons. The van der Waals surface area contributed by atoms with Gasteiger partial charge in [0.25, 0.3) is 0 Å². The highest BCUT2D eigenvalue weighted by atomic mass is 14.5. The molecule has 0 fully saturated rings. The van der Waals surface area contributed by atoms with Crippen molar-refractivity contribution in [3.63, 3.8) is 0 Å². The van der Waals surface area contributed by atoms with E-state index in [9.17, 15) is 0 Å². The van der Waals surface area contributed by atoms with Gasteiger partial charge in [-0.25, -0.2) is 0 Å². The number of benzene rings is 3. The van der Waals surface area contributed by atoms with E-state index in [-0.39, 0.29) is 5.92 Å². The van der Waals surface area contributed by atoms with Crippen LogP contribution in [0.3, 0.4) is 0 Å². The van der Waals surface area contributed by atoms with Gasteiger partial charge in [-0.1, -0.05) is 115 Å². The van der Waals surface area contributed by atoms with Crippen LogP contribution < -0.4 is 10.4 Å². The predicted octanol–water partition coefficient (Wildman–Crippen LogP) is 5.38. The first kappa shape index (κ1) is 18.0. The van der Waals surface area contributed by atoms with Gasteiger partial charge in [0.2, 0.25) is 0 Å². The molecule has 0 aromatic heterocycles. The third kappa shape index (κ3) is 2.56. The molecule has 3 aromatic carbocycles. The minimum absolute atomic E-state index is 0.228. The Balaban J connectivity index is 1.84. The van der Waals surface area contributed by atoms with Crippen molar-refractivity contribution < 1.29 is 0 Å². The lowest BCUT2D eigenvalue weighted by Gasteiger charge is -2.40. The molecule has 31 heavy (non-hydrogen) atoms. The normalized spacial score (nSPS) is 18.3. The standard InChI is InChI=1S/C31H22/c1-3-13-23(14-4-1)31(25-17-7-8-18-25,24-15-5-2-6-16-24)30-28-21-11-9-19-26(28)27-20-10-12-22-29(27)30/h1-17,19-22,28H. The Bertz CT molecular complexity index is 1400. The van der Waals surface area contributed by atoms with Crippen LogP contribution >= 0.6 is 0 Å². The molecule has 0 aliphatic heterocycles. The van der Waals surface area contributed by atoms with Crippen LogP contribution in [-0.4, -0.2) is 0 Å². The lowest BCUT2D eigenvalue weighted by atomic mass is 9.61. The van der Waals surface area contributed by atoms with Crippen LogP contribution in [0.4, 0.5) is 0 Å². The van der Waals surface area contributed by atoms with Crippen molar-refractivity contribution in [2.24, 2.45) is 5.92 Å². The fraction of sp³-hybridized carbons (Fsp3) is 0.0645. The Morgan fingerprint density at radius 1 is 0.613 bits per heavy atom. The van der Waals surface area contributed by atoms with Crippen molar-refractivity contribution in [1.82, 2.24) is 0 Å². The minimum atomic E-state index is -0.427. The summed E-state index contributed by atoms with van der Waals surface area (Å²) < 4.78 is 0. The van der Waals surface area contributed by atoms with Crippen molar-refractivity contribution in [3.8, 4) is 0 Å². The van der Waals surface area contributed by atoms with Crippen molar-refractivity contribution in [2.75, 3.05) is 0 Å². The van der Waals surface area contributed by atoms with Gasteiger partial charge < -0.3 is 0 Å². The lowest BCUT2D eigenvalue weighted by molar-refractivity contribution is 0.757. The van der Waals surface area contributed by atoms with Crippen LogP contribution in [0.2, 0.25) is 0 Å². The van der Waals surface area contributed by atoms with Crippen molar-refractivity contribution >= 4 is 11.1 Å². The van der Waals surface area contributed by atoms with E-state index in [0.29, 0.717) is 0 Å². The summed E-state index contributed by atoms with van der Waals surface area (Å²) >= 11 is 0. The lowest BCUT2D eigenvalue weighted by Crippen LogP contribution is -2.37. The van der Waals surface area contributed by atoms with E-state index < -0.39 is 5.41 Å². The third-order valence-electron chi connectivity index (χ3n) is 6.68. The summed E-state index contributed by atoms with van der Waals surface area (Å²) in [6, 6.07) is 30.8. The maximum Gasteiger partial charge on any atom is 0.0752 e. The van der Waals surface area contributed by atoms with Crippen LogP contribution in [0.15, 0.2) is 139 Å². The van der Waals surface area contributed by atoms with Gasteiger partial charge in [0.1, 0.15) is 0 Å². The maximum atomic E-state index is 3.61. The maximum absolute atomic E-state index is 3.61. The molecule has 0 spiro atoms. The molecule has 0 N–H and O–H groups in total. The van der Waals surface area contributed by atoms with E-state index in [2.05, 4.69) is 127 Å². The molecule has 1 atom stereocenters. The van der Waals surface area contributed by atoms with Crippen LogP contribution in [0.5, 0.6) is 0 Å². The molecular weight excluding hydrogens is 372 g/mol. The monoisotopic (exact) mass is 394 g/mol. The van der Waals surface area contributed by atoms with E-state index in [4.69, 9.17) is 0 Å². The molecule has 1 unspecified atom stereocenters. The number of rotatable bonds is 4. The van der Waals surface area contributed by atoms with Gasteiger partial charge in [0.05, 0.1) is 5.41 Å². The first-order valence-electron chi connectivity index (χ1n) is 10.8. The molecule has 0 bridgehead atoms. The summed E-state index contributed by atoms with van der Waals surface area (Å²) in [5.74, 6) is 0.228. The van der Waals surface area contributed by atoms with Gasteiger partial charge in [-0.2, -0.15) is 0 Å². The Morgan fingerprint density at radius 3 is 1.90 bits per heavy atom. The first-order chi connectivity index (χ1) is 15.4. The number of hydrogen-bond acceptors (Lipinski definition) is 0. The van der Waals surface area contributed by atoms with Crippen molar-refractivity contribution in [2.45, 2.75) is 5.41 Å². The molecular formula is C31H22. The van der Waals surface area contributed by atoms with E-state index in [0.717, 1.165) is 0 Å². The van der Waals surface area contributed by atoms with Crippen LogP contribution in [0, 0.1) is 5.92 Å². The van der Waals surface area contributed by atoms with Crippen molar-refractivity contribution in [3.05, 3.63) is 160 Å². The quantitative estimate of drug-likeness (QED) is 0.521. The summed E-state index contributed by atoms with van der Waals surface area (Å²) in [6.07, 6.45) is 15.4. The summed E-state index contributed by atoms with van der Waals surface area (Å²) in [7, 11) is 0. The Labute approximate surface area is 182 Å². The zero-order chi connectivity index (χ0) is 20.7. The summed E-state index contributed by atoms with van der Waals surface area (Å²) in [5.41, 5.74) is 9.72. The van der Waals surface area contributed by atoms with Gasteiger partial charge in [0, 0.05) is 11.5 Å². The van der Waals surface area contributed by atoms with E-state index >= 15 is 0 Å². The van der Waals surface area contributed by atoms with Gasteiger partial charge >= 0.3 is 0 Å². The van der Waals surface area contributed by atoms with Gasteiger partial charge in [-0.15, -0.1) is 5.73 Å². The molecule has 0 nitrogen and oxygen atoms in total. The predicted molar refractivity (Wildman–Crippen MR) is 129 cm³/mol.